The standard InChI is InChI=1S/C14H28O6S.Na.H/c1-3-4-5-6-7-8-9-10-11-12-13-18-21(16,17)20-19-14(2)15;;/h3-13H2,1-2H3;;. The molecule has 0 aliphatic heterocycles. The fourth-order valence-electron chi connectivity index (χ4n) is 1.86. The molecule has 0 spiro atoms. The summed E-state index contributed by atoms with van der Waals surface area (Å²) >= 11 is 0. The summed E-state index contributed by atoms with van der Waals surface area (Å²) in [6.45, 7) is 3.29. The van der Waals surface area contributed by atoms with E-state index in [4.69, 9.17) is 0 Å². The number of hydrogen-bond donors (Lipinski definition) is 0. The van der Waals surface area contributed by atoms with Crippen molar-refractivity contribution in [3.05, 3.63) is 0 Å². The molecule has 0 bridgehead atoms. The van der Waals surface area contributed by atoms with Gasteiger partial charge in [0, 0.05) is 6.92 Å². The van der Waals surface area contributed by atoms with Gasteiger partial charge in [-0.2, -0.15) is 8.42 Å². The van der Waals surface area contributed by atoms with E-state index < -0.39 is 16.4 Å². The molecular weight excluding hydrogens is 319 g/mol. The van der Waals surface area contributed by atoms with Crippen LogP contribution in [0.25, 0.3) is 0 Å². The summed E-state index contributed by atoms with van der Waals surface area (Å²) in [4.78, 5) is 14.3. The molecule has 0 saturated heterocycles. The first-order valence-electron chi connectivity index (χ1n) is 7.74. The van der Waals surface area contributed by atoms with Crippen molar-refractivity contribution in [3.63, 3.8) is 0 Å². The molecule has 0 atom stereocenters. The summed E-state index contributed by atoms with van der Waals surface area (Å²) in [5.74, 6) is -0.846. The van der Waals surface area contributed by atoms with Gasteiger partial charge in [-0.1, -0.05) is 64.7 Å². The van der Waals surface area contributed by atoms with E-state index >= 15 is 0 Å². The summed E-state index contributed by atoms with van der Waals surface area (Å²) in [6.07, 6.45) is 11.5. The first-order valence-corrected chi connectivity index (χ1v) is 9.07. The third kappa shape index (κ3) is 18.4. The van der Waals surface area contributed by atoms with Gasteiger partial charge in [-0.3, -0.25) is 4.89 Å². The van der Waals surface area contributed by atoms with Crippen molar-refractivity contribution in [1.29, 1.82) is 0 Å². The average molecular weight is 348 g/mol. The second kappa shape index (κ2) is 16.2. The summed E-state index contributed by atoms with van der Waals surface area (Å²) in [6, 6.07) is 0. The van der Waals surface area contributed by atoms with Crippen molar-refractivity contribution in [2.24, 2.45) is 0 Å². The Labute approximate surface area is 156 Å². The van der Waals surface area contributed by atoms with Crippen LogP contribution < -0.4 is 0 Å². The number of carbonyl (C=O) groups is 1. The summed E-state index contributed by atoms with van der Waals surface area (Å²) in [5, 5.41) is 0. The van der Waals surface area contributed by atoms with Gasteiger partial charge in [0.2, 0.25) is 0 Å². The van der Waals surface area contributed by atoms with Crippen LogP contribution in [0.2, 0.25) is 0 Å². The van der Waals surface area contributed by atoms with E-state index in [0.717, 1.165) is 19.8 Å². The van der Waals surface area contributed by atoms with Gasteiger partial charge in [-0.25, -0.2) is 8.98 Å². The van der Waals surface area contributed by atoms with Gasteiger partial charge in [0.05, 0.1) is 6.61 Å². The Kier molecular flexibility index (Phi) is 18.1. The van der Waals surface area contributed by atoms with E-state index in [2.05, 4.69) is 20.3 Å². The molecule has 22 heavy (non-hydrogen) atoms. The molecule has 0 heterocycles. The minimum atomic E-state index is -4.23. The summed E-state index contributed by atoms with van der Waals surface area (Å²) in [5.41, 5.74) is 0. The molecule has 0 aromatic carbocycles. The molecule has 0 amide bonds. The maximum absolute atomic E-state index is 11.1. The molecular formula is C14H29NaO6S. The third-order valence-corrected chi connectivity index (χ3v) is 3.65. The summed E-state index contributed by atoms with van der Waals surface area (Å²) in [7, 11) is -4.23. The Hall–Kier alpha value is 0.340. The molecule has 0 radical (unpaired) electrons. The van der Waals surface area contributed by atoms with Gasteiger partial charge >= 0.3 is 45.9 Å². The van der Waals surface area contributed by atoms with Crippen LogP contribution in [0.3, 0.4) is 0 Å². The molecule has 128 valence electrons. The van der Waals surface area contributed by atoms with E-state index in [-0.39, 0.29) is 36.2 Å². The van der Waals surface area contributed by atoms with E-state index in [9.17, 15) is 13.2 Å². The zero-order valence-electron chi connectivity index (χ0n) is 13.1. The van der Waals surface area contributed by atoms with Crippen LogP contribution in [0.15, 0.2) is 0 Å². The molecule has 0 aliphatic rings. The van der Waals surface area contributed by atoms with Crippen molar-refractivity contribution in [2.75, 3.05) is 6.61 Å². The molecule has 0 aromatic rings. The van der Waals surface area contributed by atoms with Crippen LogP contribution in [0, 0.1) is 0 Å². The van der Waals surface area contributed by atoms with Crippen molar-refractivity contribution < 1.29 is 26.6 Å². The number of rotatable bonds is 14. The quantitative estimate of drug-likeness (QED) is 0.208. The van der Waals surface area contributed by atoms with Gasteiger partial charge in [0.15, 0.2) is 0 Å². The molecule has 0 aliphatic carbocycles. The molecule has 0 N–H and O–H groups in total. The monoisotopic (exact) mass is 348 g/mol. The van der Waals surface area contributed by atoms with Crippen molar-refractivity contribution in [1.82, 2.24) is 0 Å². The zero-order chi connectivity index (χ0) is 16.0. The first-order chi connectivity index (χ1) is 9.98. The Bertz CT molecular complexity index is 358. The normalized spacial score (nSPS) is 11.0. The van der Waals surface area contributed by atoms with Crippen LogP contribution in [-0.2, 0) is 28.6 Å². The molecule has 6 nitrogen and oxygen atoms in total. The third-order valence-electron chi connectivity index (χ3n) is 2.96. The van der Waals surface area contributed by atoms with Crippen LogP contribution in [-0.4, -0.2) is 50.6 Å². The van der Waals surface area contributed by atoms with E-state index in [1.165, 1.54) is 44.9 Å². The maximum atomic E-state index is 11.1. The van der Waals surface area contributed by atoms with Crippen molar-refractivity contribution in [3.8, 4) is 0 Å². The second-order valence-electron chi connectivity index (χ2n) is 5.06. The second-order valence-corrected chi connectivity index (χ2v) is 6.24. The van der Waals surface area contributed by atoms with Crippen LogP contribution in [0.5, 0.6) is 0 Å². The molecule has 8 heteroatoms. The fourth-order valence-corrected chi connectivity index (χ4v) is 2.40. The Morgan fingerprint density at radius 2 is 1.32 bits per heavy atom. The molecule has 0 unspecified atom stereocenters. The van der Waals surface area contributed by atoms with Crippen LogP contribution in [0.1, 0.15) is 78.1 Å². The van der Waals surface area contributed by atoms with Gasteiger partial charge < -0.3 is 0 Å². The van der Waals surface area contributed by atoms with E-state index in [1.807, 2.05) is 0 Å². The van der Waals surface area contributed by atoms with Crippen molar-refractivity contribution in [2.45, 2.75) is 78.1 Å². The van der Waals surface area contributed by atoms with Gasteiger partial charge in [0.1, 0.15) is 0 Å². The number of unbranched alkanes of at least 4 members (excludes halogenated alkanes) is 9. The summed E-state index contributed by atoms with van der Waals surface area (Å²) < 4.78 is 30.6. The Morgan fingerprint density at radius 3 is 1.77 bits per heavy atom. The number of hydrogen-bond acceptors (Lipinski definition) is 6. The van der Waals surface area contributed by atoms with Gasteiger partial charge in [-0.05, 0) is 10.8 Å². The molecule has 0 rings (SSSR count). The topological polar surface area (TPSA) is 78.9 Å². The van der Waals surface area contributed by atoms with E-state index in [1.54, 1.807) is 0 Å². The SMILES string of the molecule is CCCCCCCCCCCCOS(=O)(=O)OOC(C)=O.[NaH]. The van der Waals surface area contributed by atoms with Gasteiger partial charge in [-0.15, -0.1) is 0 Å². The Balaban J connectivity index is 0. The molecule has 0 aromatic heterocycles. The predicted molar refractivity (Wildman–Crippen MR) is 86.7 cm³/mol. The van der Waals surface area contributed by atoms with Crippen LogP contribution in [0.4, 0.5) is 0 Å². The molecule has 0 saturated carbocycles. The van der Waals surface area contributed by atoms with Gasteiger partial charge in [0.25, 0.3) is 0 Å². The van der Waals surface area contributed by atoms with E-state index in [0.29, 0.717) is 6.42 Å². The Morgan fingerprint density at radius 1 is 0.864 bits per heavy atom. The van der Waals surface area contributed by atoms with Crippen molar-refractivity contribution >= 4 is 45.9 Å². The zero-order valence-corrected chi connectivity index (χ0v) is 14.0. The van der Waals surface area contributed by atoms with Crippen LogP contribution >= 0.6 is 0 Å². The fraction of sp³-hybridized carbons (Fsp3) is 0.929. The first kappa shape index (κ1) is 24.6. The number of carbonyl (C=O) groups excluding carboxylic acids is 1. The molecule has 0 fully saturated rings. The minimum absolute atomic E-state index is 0. The predicted octanol–water partition coefficient (Wildman–Crippen LogP) is 3.01. The average Bonchev–Trinajstić information content (AvgIpc) is 2.43.